The van der Waals surface area contributed by atoms with Gasteiger partial charge in [-0.1, -0.05) is 12.1 Å². The first-order valence-corrected chi connectivity index (χ1v) is 7.70. The Bertz CT molecular complexity index is 843. The number of carbonyl (C=O) groups is 1. The number of anilines is 1. The van der Waals surface area contributed by atoms with Crippen LogP contribution in [0.25, 0.3) is 11.0 Å². The second-order valence-electron chi connectivity index (χ2n) is 5.99. The highest BCUT2D eigenvalue weighted by Crippen LogP contribution is 2.28. The molecule has 0 aliphatic heterocycles. The van der Waals surface area contributed by atoms with Crippen LogP contribution in [0.1, 0.15) is 31.3 Å². The van der Waals surface area contributed by atoms with Gasteiger partial charge >= 0.3 is 0 Å². The number of aromatic nitrogens is 2. The average molecular weight is 362 g/mol. The van der Waals surface area contributed by atoms with Crippen molar-refractivity contribution in [2.24, 2.45) is 0 Å². The quantitative estimate of drug-likeness (QED) is 0.735. The summed E-state index contributed by atoms with van der Waals surface area (Å²) in [5.74, 6) is 0.414. The third-order valence-corrected chi connectivity index (χ3v) is 3.68. The number of para-hydroxylation sites is 2. The van der Waals surface area contributed by atoms with Gasteiger partial charge in [-0.3, -0.25) is 10.1 Å². The number of rotatable bonds is 2. The second kappa shape index (κ2) is 5.28. The van der Waals surface area contributed by atoms with E-state index in [1.165, 1.54) is 0 Å². The van der Waals surface area contributed by atoms with E-state index in [2.05, 4.69) is 47.0 Å². The molecule has 0 fully saturated rings. The number of halogens is 1. The van der Waals surface area contributed by atoms with E-state index in [0.29, 0.717) is 10.6 Å². The molecule has 0 aliphatic rings. The predicted octanol–water partition coefficient (Wildman–Crippen LogP) is 4.40. The fourth-order valence-corrected chi connectivity index (χ4v) is 2.69. The van der Waals surface area contributed by atoms with Crippen LogP contribution in [0, 0.1) is 0 Å². The van der Waals surface area contributed by atoms with Gasteiger partial charge in [0.2, 0.25) is 5.95 Å². The molecule has 3 aromatic rings. The molecule has 1 N–H and O–H groups in total. The number of carbonyl (C=O) groups excluding carboxylic acids is 1. The number of benzene rings is 1. The summed E-state index contributed by atoms with van der Waals surface area (Å²) in [5, 5.41) is 2.83. The van der Waals surface area contributed by atoms with Crippen molar-refractivity contribution in [1.82, 2.24) is 9.55 Å². The number of furan rings is 1. The number of hydrogen-bond donors (Lipinski definition) is 1. The standard InChI is InChI=1S/C16H16BrN3O2/c1-16(2,3)20-11-7-5-4-6-10(11)18-15(20)19-14(21)12-8-9-13(17)22-12/h4-9H,1-3H3,(H,18,19,21). The van der Waals surface area contributed by atoms with Crippen molar-refractivity contribution in [1.29, 1.82) is 0 Å². The second-order valence-corrected chi connectivity index (χ2v) is 6.77. The zero-order chi connectivity index (χ0) is 15.9. The molecule has 2 aromatic heterocycles. The first-order valence-electron chi connectivity index (χ1n) is 6.91. The molecule has 3 rings (SSSR count). The van der Waals surface area contributed by atoms with Gasteiger partial charge in [-0.15, -0.1) is 0 Å². The van der Waals surface area contributed by atoms with E-state index in [-0.39, 0.29) is 17.2 Å². The summed E-state index contributed by atoms with van der Waals surface area (Å²) in [6.45, 7) is 6.21. The van der Waals surface area contributed by atoms with Crippen LogP contribution in [0.5, 0.6) is 0 Å². The smallest absolute Gasteiger partial charge is 0.293 e. The fraction of sp³-hybridized carbons (Fsp3) is 0.250. The summed E-state index contributed by atoms with van der Waals surface area (Å²) < 4.78 is 7.81. The Balaban J connectivity index is 2.05. The van der Waals surface area contributed by atoms with Crippen molar-refractivity contribution in [3.8, 4) is 0 Å². The van der Waals surface area contributed by atoms with Crippen molar-refractivity contribution in [2.45, 2.75) is 26.3 Å². The molecule has 0 spiro atoms. The molecule has 22 heavy (non-hydrogen) atoms. The van der Waals surface area contributed by atoms with Gasteiger partial charge in [0, 0.05) is 5.54 Å². The monoisotopic (exact) mass is 361 g/mol. The largest absolute Gasteiger partial charge is 0.444 e. The lowest BCUT2D eigenvalue weighted by Gasteiger charge is -2.24. The van der Waals surface area contributed by atoms with Gasteiger partial charge in [-0.2, -0.15) is 0 Å². The molecular weight excluding hydrogens is 346 g/mol. The number of imidazole rings is 1. The van der Waals surface area contributed by atoms with Crippen molar-refractivity contribution >= 4 is 38.8 Å². The number of nitrogens with one attached hydrogen (secondary N) is 1. The highest BCUT2D eigenvalue weighted by molar-refractivity contribution is 9.10. The summed E-state index contributed by atoms with van der Waals surface area (Å²) in [5.41, 5.74) is 1.60. The van der Waals surface area contributed by atoms with Gasteiger partial charge < -0.3 is 8.98 Å². The molecule has 1 amide bonds. The van der Waals surface area contributed by atoms with Crippen LogP contribution < -0.4 is 5.32 Å². The first-order chi connectivity index (χ1) is 10.4. The van der Waals surface area contributed by atoms with Gasteiger partial charge in [-0.25, -0.2) is 4.98 Å². The highest BCUT2D eigenvalue weighted by Gasteiger charge is 2.23. The third-order valence-electron chi connectivity index (χ3n) is 3.25. The number of fused-ring (bicyclic) bond motifs is 1. The molecule has 6 heteroatoms. The van der Waals surface area contributed by atoms with Gasteiger partial charge in [-0.05, 0) is 61.0 Å². The lowest BCUT2D eigenvalue weighted by atomic mass is 10.1. The van der Waals surface area contributed by atoms with E-state index < -0.39 is 0 Å². The molecule has 1 aromatic carbocycles. The molecule has 5 nitrogen and oxygen atoms in total. The number of hydrogen-bond acceptors (Lipinski definition) is 3. The van der Waals surface area contributed by atoms with E-state index in [1.54, 1.807) is 12.1 Å². The zero-order valence-electron chi connectivity index (χ0n) is 12.6. The molecular formula is C16H16BrN3O2. The van der Waals surface area contributed by atoms with Crippen LogP contribution in [0.2, 0.25) is 0 Å². The fourth-order valence-electron chi connectivity index (χ4n) is 2.39. The summed E-state index contributed by atoms with van der Waals surface area (Å²) >= 11 is 3.19. The van der Waals surface area contributed by atoms with E-state index in [1.807, 2.05) is 28.8 Å². The van der Waals surface area contributed by atoms with Crippen LogP contribution in [-0.2, 0) is 5.54 Å². The Labute approximate surface area is 136 Å². The maximum atomic E-state index is 12.3. The number of nitrogens with zero attached hydrogens (tertiary/aromatic N) is 2. The van der Waals surface area contributed by atoms with E-state index in [9.17, 15) is 4.79 Å². The molecule has 0 saturated carbocycles. The van der Waals surface area contributed by atoms with Gasteiger partial charge in [0.05, 0.1) is 11.0 Å². The van der Waals surface area contributed by atoms with Crippen LogP contribution >= 0.6 is 15.9 Å². The van der Waals surface area contributed by atoms with Gasteiger partial charge in [0.1, 0.15) is 0 Å². The SMILES string of the molecule is CC(C)(C)n1c(NC(=O)c2ccc(Br)o2)nc2ccccc21. The maximum absolute atomic E-state index is 12.3. The van der Waals surface area contributed by atoms with Crippen molar-refractivity contribution in [2.75, 3.05) is 5.32 Å². The lowest BCUT2D eigenvalue weighted by molar-refractivity contribution is 0.0994. The van der Waals surface area contributed by atoms with Crippen LogP contribution in [-0.4, -0.2) is 15.5 Å². The minimum absolute atomic E-state index is 0.220. The predicted molar refractivity (Wildman–Crippen MR) is 89.1 cm³/mol. The molecule has 0 radical (unpaired) electrons. The molecule has 0 unspecified atom stereocenters. The Kier molecular flexibility index (Phi) is 3.56. The van der Waals surface area contributed by atoms with E-state index in [4.69, 9.17) is 4.42 Å². The Morgan fingerprint density at radius 2 is 1.95 bits per heavy atom. The average Bonchev–Trinajstić information content (AvgIpc) is 3.00. The summed E-state index contributed by atoms with van der Waals surface area (Å²) in [6, 6.07) is 11.1. The summed E-state index contributed by atoms with van der Waals surface area (Å²) in [4.78, 5) is 16.8. The molecule has 0 atom stereocenters. The third kappa shape index (κ3) is 2.66. The summed E-state index contributed by atoms with van der Waals surface area (Å²) in [6.07, 6.45) is 0. The molecule has 0 saturated heterocycles. The van der Waals surface area contributed by atoms with Crippen LogP contribution in [0.15, 0.2) is 45.5 Å². The molecule has 114 valence electrons. The zero-order valence-corrected chi connectivity index (χ0v) is 14.1. The Hall–Kier alpha value is -2.08. The summed E-state index contributed by atoms with van der Waals surface area (Å²) in [7, 11) is 0. The van der Waals surface area contributed by atoms with Gasteiger partial charge in [0.15, 0.2) is 10.4 Å². The van der Waals surface area contributed by atoms with Crippen molar-refractivity contribution in [3.05, 3.63) is 46.8 Å². The molecule has 0 aliphatic carbocycles. The minimum atomic E-state index is -0.327. The van der Waals surface area contributed by atoms with E-state index >= 15 is 0 Å². The maximum Gasteiger partial charge on any atom is 0.293 e. The van der Waals surface area contributed by atoms with Crippen LogP contribution in [0.3, 0.4) is 0 Å². The van der Waals surface area contributed by atoms with Crippen LogP contribution in [0.4, 0.5) is 5.95 Å². The Morgan fingerprint density at radius 3 is 2.59 bits per heavy atom. The van der Waals surface area contributed by atoms with E-state index in [0.717, 1.165) is 11.0 Å². The van der Waals surface area contributed by atoms with Gasteiger partial charge in [0.25, 0.3) is 5.91 Å². The Morgan fingerprint density at radius 1 is 1.23 bits per heavy atom. The first kappa shape index (κ1) is 14.8. The molecule has 0 bridgehead atoms. The topological polar surface area (TPSA) is 60.1 Å². The highest BCUT2D eigenvalue weighted by atomic mass is 79.9. The minimum Gasteiger partial charge on any atom is -0.444 e. The van der Waals surface area contributed by atoms with Crippen molar-refractivity contribution < 1.29 is 9.21 Å². The number of amides is 1. The lowest BCUT2D eigenvalue weighted by Crippen LogP contribution is -2.25. The molecule has 2 heterocycles. The van der Waals surface area contributed by atoms with Crippen molar-refractivity contribution in [3.63, 3.8) is 0 Å². The normalized spacial score (nSPS) is 11.8.